The van der Waals surface area contributed by atoms with Crippen LogP contribution in [0.4, 0.5) is 5.69 Å². The molecule has 2 heterocycles. The summed E-state index contributed by atoms with van der Waals surface area (Å²) in [5, 5.41) is 5.80. The fourth-order valence-corrected chi connectivity index (χ4v) is 3.20. The maximum Gasteiger partial charge on any atom is 0.291 e. The lowest BCUT2D eigenvalue weighted by molar-refractivity contribution is 0.0938. The summed E-state index contributed by atoms with van der Waals surface area (Å²) < 4.78 is 7.04. The summed E-state index contributed by atoms with van der Waals surface area (Å²) in [5.74, 6) is -0.376. The Bertz CT molecular complexity index is 1180. The molecule has 2 N–H and O–H groups in total. The molecule has 1 atom stereocenters. The quantitative estimate of drug-likeness (QED) is 0.486. The first-order valence-electron chi connectivity index (χ1n) is 9.86. The number of imidazole rings is 1. The van der Waals surface area contributed by atoms with Crippen molar-refractivity contribution >= 4 is 17.5 Å². The average molecular weight is 414 g/mol. The third-order valence-corrected chi connectivity index (χ3v) is 5.04. The van der Waals surface area contributed by atoms with Crippen molar-refractivity contribution in [2.45, 2.75) is 19.9 Å². The number of furan rings is 1. The number of carbonyl (C=O) groups excluding carboxylic acids is 2. The second kappa shape index (κ2) is 8.71. The summed E-state index contributed by atoms with van der Waals surface area (Å²) in [7, 11) is 0. The number of hydrogen-bond donors (Lipinski definition) is 2. The molecule has 0 radical (unpaired) electrons. The van der Waals surface area contributed by atoms with Gasteiger partial charge >= 0.3 is 0 Å². The zero-order chi connectivity index (χ0) is 21.8. The maximum atomic E-state index is 12.8. The molecular weight excluding hydrogens is 392 g/mol. The molecule has 0 bridgehead atoms. The predicted molar refractivity (Wildman–Crippen MR) is 117 cm³/mol. The standard InChI is InChI=1S/C24H22N4O3/c1-16-5-6-19(14-21(16)27-24(30)22-4-3-13-31-22)23(29)26-17(2)18-7-9-20(10-8-18)28-12-11-25-15-28/h3-15,17H,1-2H3,(H,26,29)(H,27,30)/t17-/m0/s1. The van der Waals surface area contributed by atoms with Crippen molar-refractivity contribution in [3.05, 3.63) is 102 Å². The van der Waals surface area contributed by atoms with Gasteiger partial charge < -0.3 is 19.6 Å². The van der Waals surface area contributed by atoms with Gasteiger partial charge in [-0.2, -0.15) is 0 Å². The van der Waals surface area contributed by atoms with Gasteiger partial charge in [-0.05, 0) is 61.4 Å². The molecule has 0 spiro atoms. The lowest BCUT2D eigenvalue weighted by Gasteiger charge is -2.16. The molecule has 2 aromatic heterocycles. The number of aryl methyl sites for hydroxylation is 1. The van der Waals surface area contributed by atoms with Crippen LogP contribution in [0, 0.1) is 6.92 Å². The SMILES string of the molecule is Cc1ccc(C(=O)N[C@@H](C)c2ccc(-n3ccnc3)cc2)cc1NC(=O)c1ccco1. The average Bonchev–Trinajstić information content (AvgIpc) is 3.50. The smallest absolute Gasteiger partial charge is 0.291 e. The molecule has 4 aromatic rings. The number of hydrogen-bond acceptors (Lipinski definition) is 4. The van der Waals surface area contributed by atoms with Crippen LogP contribution in [0.15, 0.2) is 84.0 Å². The Balaban J connectivity index is 1.45. The highest BCUT2D eigenvalue weighted by molar-refractivity contribution is 6.04. The van der Waals surface area contributed by atoms with Gasteiger partial charge in [-0.3, -0.25) is 9.59 Å². The van der Waals surface area contributed by atoms with Crippen molar-refractivity contribution in [1.82, 2.24) is 14.9 Å². The Morgan fingerprint density at radius 1 is 1.06 bits per heavy atom. The second-order valence-corrected chi connectivity index (χ2v) is 7.22. The van der Waals surface area contributed by atoms with Gasteiger partial charge in [0.2, 0.25) is 0 Å². The van der Waals surface area contributed by atoms with E-state index in [9.17, 15) is 9.59 Å². The van der Waals surface area contributed by atoms with E-state index >= 15 is 0 Å². The first kappa shape index (κ1) is 20.2. The van der Waals surface area contributed by atoms with Gasteiger partial charge in [0.25, 0.3) is 11.8 Å². The molecule has 0 aliphatic rings. The number of rotatable bonds is 6. The highest BCUT2D eigenvalue weighted by Gasteiger charge is 2.15. The van der Waals surface area contributed by atoms with Crippen LogP contribution in [0.2, 0.25) is 0 Å². The van der Waals surface area contributed by atoms with E-state index in [0.717, 1.165) is 16.8 Å². The first-order chi connectivity index (χ1) is 15.0. The Hall–Kier alpha value is -4.13. The lowest BCUT2D eigenvalue weighted by atomic mass is 10.1. The molecule has 156 valence electrons. The summed E-state index contributed by atoms with van der Waals surface area (Å²) in [6.45, 7) is 3.79. The minimum Gasteiger partial charge on any atom is -0.459 e. The number of nitrogens with one attached hydrogen (secondary N) is 2. The molecular formula is C24H22N4O3. The van der Waals surface area contributed by atoms with E-state index in [1.54, 1.807) is 42.9 Å². The van der Waals surface area contributed by atoms with Gasteiger partial charge in [-0.1, -0.05) is 18.2 Å². The third-order valence-electron chi connectivity index (χ3n) is 5.04. The second-order valence-electron chi connectivity index (χ2n) is 7.22. The first-order valence-corrected chi connectivity index (χ1v) is 9.86. The van der Waals surface area contributed by atoms with Gasteiger partial charge in [0.1, 0.15) is 0 Å². The number of carbonyl (C=O) groups is 2. The molecule has 2 amide bonds. The molecule has 7 heteroatoms. The largest absolute Gasteiger partial charge is 0.459 e. The van der Waals surface area contributed by atoms with Gasteiger partial charge in [-0.25, -0.2) is 4.98 Å². The summed E-state index contributed by atoms with van der Waals surface area (Å²) in [5.41, 5.74) is 3.85. The highest BCUT2D eigenvalue weighted by Crippen LogP contribution is 2.20. The number of aromatic nitrogens is 2. The molecule has 0 unspecified atom stereocenters. The van der Waals surface area contributed by atoms with E-state index in [0.29, 0.717) is 11.3 Å². The molecule has 4 rings (SSSR count). The summed E-state index contributed by atoms with van der Waals surface area (Å²) in [6.07, 6.45) is 6.78. The molecule has 0 fully saturated rings. The normalized spacial score (nSPS) is 11.7. The van der Waals surface area contributed by atoms with Crippen molar-refractivity contribution in [1.29, 1.82) is 0 Å². The summed E-state index contributed by atoms with van der Waals surface area (Å²) in [4.78, 5) is 29.1. The van der Waals surface area contributed by atoms with Crippen LogP contribution in [-0.4, -0.2) is 21.4 Å². The molecule has 0 saturated carbocycles. The van der Waals surface area contributed by atoms with Gasteiger partial charge in [0, 0.05) is 29.3 Å². The topological polar surface area (TPSA) is 89.2 Å². The highest BCUT2D eigenvalue weighted by atomic mass is 16.3. The van der Waals surface area contributed by atoms with E-state index in [2.05, 4.69) is 15.6 Å². The van der Waals surface area contributed by atoms with Gasteiger partial charge in [-0.15, -0.1) is 0 Å². The van der Waals surface area contributed by atoms with Crippen molar-refractivity contribution in [3.63, 3.8) is 0 Å². The van der Waals surface area contributed by atoms with Crippen LogP contribution in [0.5, 0.6) is 0 Å². The van der Waals surface area contributed by atoms with Crippen molar-refractivity contribution in [2.24, 2.45) is 0 Å². The van der Waals surface area contributed by atoms with Crippen LogP contribution in [0.1, 0.15) is 45.0 Å². The minimum atomic E-state index is -0.364. The van der Waals surface area contributed by atoms with E-state index in [1.807, 2.05) is 48.9 Å². The fraction of sp³-hybridized carbons (Fsp3) is 0.125. The maximum absolute atomic E-state index is 12.8. The number of benzene rings is 2. The predicted octanol–water partition coefficient (Wildman–Crippen LogP) is 4.52. The van der Waals surface area contributed by atoms with Crippen LogP contribution < -0.4 is 10.6 Å². The monoisotopic (exact) mass is 414 g/mol. The molecule has 2 aromatic carbocycles. The number of nitrogens with zero attached hydrogens (tertiary/aromatic N) is 2. The Labute approximate surface area is 179 Å². The van der Waals surface area contributed by atoms with Crippen molar-refractivity contribution in [2.75, 3.05) is 5.32 Å². The molecule has 0 saturated heterocycles. The molecule has 0 aliphatic carbocycles. The van der Waals surface area contributed by atoms with E-state index in [4.69, 9.17) is 4.42 Å². The zero-order valence-corrected chi connectivity index (χ0v) is 17.2. The Kier molecular flexibility index (Phi) is 5.66. The van der Waals surface area contributed by atoms with Gasteiger partial charge in [0.05, 0.1) is 18.6 Å². The minimum absolute atomic E-state index is 0.188. The van der Waals surface area contributed by atoms with Gasteiger partial charge in [0.15, 0.2) is 5.76 Å². The van der Waals surface area contributed by atoms with E-state index in [1.165, 1.54) is 6.26 Å². The van der Waals surface area contributed by atoms with Crippen LogP contribution >= 0.6 is 0 Å². The zero-order valence-electron chi connectivity index (χ0n) is 17.2. The molecule has 7 nitrogen and oxygen atoms in total. The third kappa shape index (κ3) is 4.56. The van der Waals surface area contributed by atoms with E-state index in [-0.39, 0.29) is 23.6 Å². The van der Waals surface area contributed by atoms with Crippen LogP contribution in [0.3, 0.4) is 0 Å². The van der Waals surface area contributed by atoms with Crippen molar-refractivity contribution in [3.8, 4) is 5.69 Å². The Morgan fingerprint density at radius 2 is 1.87 bits per heavy atom. The summed E-state index contributed by atoms with van der Waals surface area (Å²) >= 11 is 0. The fourth-order valence-electron chi connectivity index (χ4n) is 3.20. The summed E-state index contributed by atoms with van der Waals surface area (Å²) in [6, 6.07) is 16.2. The molecule has 31 heavy (non-hydrogen) atoms. The molecule has 0 aliphatic heterocycles. The van der Waals surface area contributed by atoms with Crippen LogP contribution in [0.25, 0.3) is 5.69 Å². The van der Waals surface area contributed by atoms with E-state index < -0.39 is 0 Å². The number of amides is 2. The number of anilines is 1. The Morgan fingerprint density at radius 3 is 2.55 bits per heavy atom. The van der Waals surface area contributed by atoms with Crippen molar-refractivity contribution < 1.29 is 14.0 Å². The van der Waals surface area contributed by atoms with Crippen LogP contribution in [-0.2, 0) is 0 Å². The lowest BCUT2D eigenvalue weighted by Crippen LogP contribution is -2.26.